The van der Waals surface area contributed by atoms with Gasteiger partial charge in [0.1, 0.15) is 17.2 Å². The van der Waals surface area contributed by atoms with E-state index in [-0.39, 0.29) is 24.5 Å². The number of methoxy groups -OCH3 is 3. The van der Waals surface area contributed by atoms with Crippen LogP contribution in [0.5, 0.6) is 17.2 Å². The standard InChI is InChI=1S/C21H25NO5/c1-25-17-6-4-5-16(13-17)19(23)9-10-21(24)22-12-11-15-7-8-18(26-2)14-20(15)27-3/h4-8,13-14H,9-12H2,1-3H3,(H,22,24). The molecule has 2 aromatic rings. The SMILES string of the molecule is COc1cccc(C(=O)CCC(=O)NCCc2ccc(OC)cc2OC)c1. The summed E-state index contributed by atoms with van der Waals surface area (Å²) in [6.07, 6.45) is 0.934. The molecule has 0 saturated carbocycles. The predicted octanol–water partition coefficient (Wildman–Crippen LogP) is 3.03. The molecule has 0 aliphatic carbocycles. The second-order valence-electron chi connectivity index (χ2n) is 5.93. The van der Waals surface area contributed by atoms with Crippen molar-refractivity contribution in [3.8, 4) is 17.2 Å². The molecule has 1 amide bonds. The number of ether oxygens (including phenoxy) is 3. The number of Topliss-reactive ketones (excluding diaryl/α,β-unsaturated/α-hetero) is 1. The zero-order valence-electron chi connectivity index (χ0n) is 15.9. The van der Waals surface area contributed by atoms with Crippen LogP contribution in [-0.2, 0) is 11.2 Å². The molecule has 0 aliphatic heterocycles. The number of carbonyl (C=O) groups is 2. The molecule has 2 rings (SSSR count). The van der Waals surface area contributed by atoms with Crippen LogP contribution in [0, 0.1) is 0 Å². The van der Waals surface area contributed by atoms with E-state index in [9.17, 15) is 9.59 Å². The van der Waals surface area contributed by atoms with Gasteiger partial charge in [-0.15, -0.1) is 0 Å². The van der Waals surface area contributed by atoms with E-state index in [0.717, 1.165) is 17.1 Å². The topological polar surface area (TPSA) is 73.9 Å². The molecule has 0 atom stereocenters. The largest absolute Gasteiger partial charge is 0.497 e. The molecule has 0 bridgehead atoms. The minimum atomic E-state index is -0.154. The van der Waals surface area contributed by atoms with Crippen molar-refractivity contribution < 1.29 is 23.8 Å². The molecule has 0 saturated heterocycles. The lowest BCUT2D eigenvalue weighted by Gasteiger charge is -2.11. The van der Waals surface area contributed by atoms with Crippen LogP contribution in [0.3, 0.4) is 0 Å². The van der Waals surface area contributed by atoms with Gasteiger partial charge in [-0.3, -0.25) is 9.59 Å². The zero-order chi connectivity index (χ0) is 19.6. The van der Waals surface area contributed by atoms with Gasteiger partial charge in [0.15, 0.2) is 5.78 Å². The summed E-state index contributed by atoms with van der Waals surface area (Å²) in [5, 5.41) is 2.84. The van der Waals surface area contributed by atoms with E-state index in [2.05, 4.69) is 5.32 Å². The summed E-state index contributed by atoms with van der Waals surface area (Å²) in [6, 6.07) is 12.5. The molecule has 6 nitrogen and oxygen atoms in total. The fourth-order valence-corrected chi connectivity index (χ4v) is 2.65. The molecular formula is C21H25NO5. The van der Waals surface area contributed by atoms with Gasteiger partial charge in [0.25, 0.3) is 0 Å². The average Bonchev–Trinajstić information content (AvgIpc) is 2.72. The highest BCUT2D eigenvalue weighted by Crippen LogP contribution is 2.24. The van der Waals surface area contributed by atoms with Gasteiger partial charge in [-0.2, -0.15) is 0 Å². The maximum absolute atomic E-state index is 12.2. The van der Waals surface area contributed by atoms with Crippen molar-refractivity contribution >= 4 is 11.7 Å². The molecule has 0 heterocycles. The summed E-state index contributed by atoms with van der Waals surface area (Å²) < 4.78 is 15.6. The van der Waals surface area contributed by atoms with Crippen LogP contribution in [0.1, 0.15) is 28.8 Å². The lowest BCUT2D eigenvalue weighted by atomic mass is 10.1. The minimum absolute atomic E-state index is 0.0825. The van der Waals surface area contributed by atoms with Gasteiger partial charge < -0.3 is 19.5 Å². The summed E-state index contributed by atoms with van der Waals surface area (Å²) in [5.74, 6) is 1.82. The summed E-state index contributed by atoms with van der Waals surface area (Å²) in [4.78, 5) is 24.2. The number of hydrogen-bond acceptors (Lipinski definition) is 5. The van der Waals surface area contributed by atoms with Crippen LogP contribution < -0.4 is 19.5 Å². The molecule has 1 N–H and O–H groups in total. The van der Waals surface area contributed by atoms with Crippen molar-refractivity contribution in [2.75, 3.05) is 27.9 Å². The van der Waals surface area contributed by atoms with Crippen LogP contribution in [0.4, 0.5) is 0 Å². The normalized spacial score (nSPS) is 10.2. The molecule has 144 valence electrons. The molecule has 0 radical (unpaired) electrons. The fourth-order valence-electron chi connectivity index (χ4n) is 2.65. The van der Waals surface area contributed by atoms with Crippen LogP contribution in [-0.4, -0.2) is 39.6 Å². The number of hydrogen-bond donors (Lipinski definition) is 1. The Morgan fingerprint density at radius 1 is 0.889 bits per heavy atom. The fraction of sp³-hybridized carbons (Fsp3) is 0.333. The summed E-state index contributed by atoms with van der Waals surface area (Å²) >= 11 is 0. The van der Waals surface area contributed by atoms with E-state index in [0.29, 0.717) is 24.3 Å². The molecule has 6 heteroatoms. The molecular weight excluding hydrogens is 346 g/mol. The predicted molar refractivity (Wildman–Crippen MR) is 103 cm³/mol. The Bertz CT molecular complexity index is 788. The molecule has 0 aliphatic rings. The van der Waals surface area contributed by atoms with Crippen LogP contribution in [0.15, 0.2) is 42.5 Å². The van der Waals surface area contributed by atoms with Crippen molar-refractivity contribution in [1.29, 1.82) is 0 Å². The highest BCUT2D eigenvalue weighted by Gasteiger charge is 2.11. The zero-order valence-corrected chi connectivity index (χ0v) is 15.9. The second kappa shape index (κ2) is 10.2. The van der Waals surface area contributed by atoms with Crippen LogP contribution in [0.25, 0.3) is 0 Å². The van der Waals surface area contributed by atoms with E-state index >= 15 is 0 Å². The van der Waals surface area contributed by atoms with Crippen molar-refractivity contribution in [3.63, 3.8) is 0 Å². The molecule has 0 spiro atoms. The number of nitrogens with one attached hydrogen (secondary N) is 1. The van der Waals surface area contributed by atoms with Gasteiger partial charge in [-0.25, -0.2) is 0 Å². The Kier molecular flexibility index (Phi) is 7.67. The molecule has 0 fully saturated rings. The third-order valence-corrected chi connectivity index (χ3v) is 4.18. The monoisotopic (exact) mass is 371 g/mol. The quantitative estimate of drug-likeness (QED) is 0.650. The lowest BCUT2D eigenvalue weighted by molar-refractivity contribution is -0.121. The molecule has 0 unspecified atom stereocenters. The lowest BCUT2D eigenvalue weighted by Crippen LogP contribution is -2.26. The Hall–Kier alpha value is -3.02. The van der Waals surface area contributed by atoms with Crippen LogP contribution in [0.2, 0.25) is 0 Å². The van der Waals surface area contributed by atoms with Gasteiger partial charge in [0, 0.05) is 31.0 Å². The van der Waals surface area contributed by atoms with E-state index < -0.39 is 0 Å². The van der Waals surface area contributed by atoms with Crippen LogP contribution >= 0.6 is 0 Å². The summed E-state index contributed by atoms with van der Waals surface area (Å²) in [5.41, 5.74) is 1.52. The van der Waals surface area contributed by atoms with Crippen molar-refractivity contribution in [2.45, 2.75) is 19.3 Å². The van der Waals surface area contributed by atoms with Gasteiger partial charge in [0.2, 0.25) is 5.91 Å². The van der Waals surface area contributed by atoms with Gasteiger partial charge in [-0.05, 0) is 30.2 Å². The maximum atomic E-state index is 12.2. The highest BCUT2D eigenvalue weighted by molar-refractivity contribution is 5.98. The van der Waals surface area contributed by atoms with Gasteiger partial charge in [-0.1, -0.05) is 18.2 Å². The van der Waals surface area contributed by atoms with E-state index in [1.165, 1.54) is 0 Å². The average molecular weight is 371 g/mol. The maximum Gasteiger partial charge on any atom is 0.220 e. The summed E-state index contributed by atoms with van der Waals surface area (Å²) in [7, 11) is 4.75. The Morgan fingerprint density at radius 3 is 2.33 bits per heavy atom. The molecule has 27 heavy (non-hydrogen) atoms. The first-order valence-corrected chi connectivity index (χ1v) is 8.72. The van der Waals surface area contributed by atoms with Crippen molar-refractivity contribution in [2.24, 2.45) is 0 Å². The Morgan fingerprint density at radius 2 is 1.63 bits per heavy atom. The van der Waals surface area contributed by atoms with Crippen molar-refractivity contribution in [1.82, 2.24) is 5.32 Å². The number of rotatable bonds is 10. The number of amides is 1. The number of ketones is 1. The first kappa shape index (κ1) is 20.3. The smallest absolute Gasteiger partial charge is 0.220 e. The van der Waals surface area contributed by atoms with Gasteiger partial charge in [0.05, 0.1) is 21.3 Å². The number of benzene rings is 2. The van der Waals surface area contributed by atoms with Crippen molar-refractivity contribution in [3.05, 3.63) is 53.6 Å². The third kappa shape index (κ3) is 6.02. The van der Waals surface area contributed by atoms with E-state index in [1.807, 2.05) is 18.2 Å². The molecule has 0 aromatic heterocycles. The van der Waals surface area contributed by atoms with E-state index in [4.69, 9.17) is 14.2 Å². The summed E-state index contributed by atoms with van der Waals surface area (Å²) in [6.45, 7) is 0.467. The first-order valence-electron chi connectivity index (χ1n) is 8.72. The Balaban J connectivity index is 1.78. The second-order valence-corrected chi connectivity index (χ2v) is 5.93. The number of carbonyl (C=O) groups excluding carboxylic acids is 2. The Labute approximate surface area is 159 Å². The van der Waals surface area contributed by atoms with E-state index in [1.54, 1.807) is 45.6 Å². The first-order chi connectivity index (χ1) is 13.1. The minimum Gasteiger partial charge on any atom is -0.497 e. The third-order valence-electron chi connectivity index (χ3n) is 4.18. The highest BCUT2D eigenvalue weighted by atomic mass is 16.5. The van der Waals surface area contributed by atoms with Gasteiger partial charge >= 0.3 is 0 Å². The molecule has 2 aromatic carbocycles.